The van der Waals surface area contributed by atoms with Crippen LogP contribution in [0.15, 0.2) is 24.3 Å². The van der Waals surface area contributed by atoms with E-state index in [2.05, 4.69) is 21.3 Å². The number of amides is 5. The molecule has 8 heteroatoms. The van der Waals surface area contributed by atoms with Gasteiger partial charge in [0.1, 0.15) is 0 Å². The van der Waals surface area contributed by atoms with E-state index >= 15 is 0 Å². The lowest BCUT2D eigenvalue weighted by Crippen LogP contribution is -2.47. The van der Waals surface area contributed by atoms with Crippen LogP contribution in [-0.2, 0) is 4.79 Å². The van der Waals surface area contributed by atoms with E-state index in [0.29, 0.717) is 24.5 Å². The summed E-state index contributed by atoms with van der Waals surface area (Å²) in [5.74, 6) is -0.171. The highest BCUT2D eigenvalue weighted by Crippen LogP contribution is 2.19. The summed E-state index contributed by atoms with van der Waals surface area (Å²) in [6.07, 6.45) is 1.60. The number of piperidine rings is 1. The van der Waals surface area contributed by atoms with Crippen LogP contribution in [0, 0.1) is 5.92 Å². The zero-order chi connectivity index (χ0) is 20.7. The normalized spacial score (nSPS) is 16.6. The van der Waals surface area contributed by atoms with Gasteiger partial charge in [-0.1, -0.05) is 0 Å². The molecule has 8 nitrogen and oxygen atoms in total. The topological polar surface area (TPSA) is 103 Å². The number of likely N-dealkylation sites (tertiary alicyclic amines) is 1. The minimum Gasteiger partial charge on any atom is -0.354 e. The Hall–Kier alpha value is -2.77. The summed E-state index contributed by atoms with van der Waals surface area (Å²) < 4.78 is 0. The molecule has 1 aromatic rings. The van der Waals surface area contributed by atoms with Crippen LogP contribution in [-0.4, -0.2) is 48.0 Å². The van der Waals surface area contributed by atoms with E-state index in [-0.39, 0.29) is 36.0 Å². The van der Waals surface area contributed by atoms with Crippen LogP contribution >= 0.6 is 0 Å². The summed E-state index contributed by atoms with van der Waals surface area (Å²) in [6, 6.07) is 6.56. The second-order valence-corrected chi connectivity index (χ2v) is 7.71. The van der Waals surface area contributed by atoms with E-state index in [1.807, 2.05) is 27.7 Å². The Balaban J connectivity index is 1.88. The number of carbonyl (C=O) groups excluding carboxylic acids is 3. The zero-order valence-corrected chi connectivity index (χ0v) is 17.0. The predicted octanol–water partition coefficient (Wildman–Crippen LogP) is 2.99. The van der Waals surface area contributed by atoms with Crippen LogP contribution in [0.25, 0.3) is 0 Å². The fourth-order valence-electron chi connectivity index (χ4n) is 3.05. The van der Waals surface area contributed by atoms with Crippen LogP contribution < -0.4 is 21.3 Å². The first-order chi connectivity index (χ1) is 13.2. The second kappa shape index (κ2) is 9.96. The van der Waals surface area contributed by atoms with E-state index in [1.165, 1.54) is 0 Å². The molecule has 0 saturated carbocycles. The molecule has 1 aliphatic heterocycles. The quantitative estimate of drug-likeness (QED) is 0.622. The van der Waals surface area contributed by atoms with Gasteiger partial charge in [0.2, 0.25) is 5.91 Å². The van der Waals surface area contributed by atoms with Gasteiger partial charge < -0.3 is 26.2 Å². The number of hydrogen-bond donors (Lipinski definition) is 4. The van der Waals surface area contributed by atoms with E-state index in [4.69, 9.17) is 0 Å². The maximum Gasteiger partial charge on any atom is 0.321 e. The molecule has 0 aromatic heterocycles. The standard InChI is InChI=1S/C20H31N5O3/c1-13(2)21-18(26)15-6-5-11-25(12-15)20(28)24-17-9-7-16(8-10-17)23-19(27)22-14(3)4/h7-10,13-15H,5-6,11-12H2,1-4H3,(H,21,26)(H,24,28)(H2,22,23,27). The first kappa shape index (κ1) is 21.5. The average Bonchev–Trinajstić information content (AvgIpc) is 2.62. The Labute approximate surface area is 166 Å². The molecule has 5 amide bonds. The first-order valence-electron chi connectivity index (χ1n) is 9.78. The van der Waals surface area contributed by atoms with Crippen molar-refractivity contribution in [2.45, 2.75) is 52.6 Å². The highest BCUT2D eigenvalue weighted by molar-refractivity contribution is 5.92. The molecule has 154 valence electrons. The minimum absolute atomic E-state index is 0.00241. The fraction of sp³-hybridized carbons (Fsp3) is 0.550. The van der Waals surface area contributed by atoms with Crippen molar-refractivity contribution in [3.63, 3.8) is 0 Å². The van der Waals surface area contributed by atoms with Crippen LogP contribution in [0.5, 0.6) is 0 Å². The number of hydrogen-bond acceptors (Lipinski definition) is 3. The van der Waals surface area contributed by atoms with Gasteiger partial charge in [0.05, 0.1) is 5.92 Å². The van der Waals surface area contributed by atoms with Crippen molar-refractivity contribution < 1.29 is 14.4 Å². The zero-order valence-electron chi connectivity index (χ0n) is 17.0. The Morgan fingerprint density at radius 1 is 0.929 bits per heavy atom. The van der Waals surface area contributed by atoms with E-state index < -0.39 is 0 Å². The van der Waals surface area contributed by atoms with Gasteiger partial charge in [-0.2, -0.15) is 0 Å². The van der Waals surface area contributed by atoms with Crippen molar-refractivity contribution in [1.82, 2.24) is 15.5 Å². The minimum atomic E-state index is -0.272. The summed E-state index contributed by atoms with van der Waals surface area (Å²) in [6.45, 7) is 8.67. The van der Waals surface area contributed by atoms with Crippen molar-refractivity contribution in [3.05, 3.63) is 24.3 Å². The third kappa shape index (κ3) is 6.75. The molecule has 0 bridgehead atoms. The highest BCUT2D eigenvalue weighted by Gasteiger charge is 2.28. The van der Waals surface area contributed by atoms with Crippen molar-refractivity contribution >= 4 is 29.3 Å². The Kier molecular flexibility index (Phi) is 7.66. The lowest BCUT2D eigenvalue weighted by Gasteiger charge is -2.32. The van der Waals surface area contributed by atoms with Crippen LogP contribution in [0.3, 0.4) is 0 Å². The number of nitrogens with zero attached hydrogens (tertiary/aromatic N) is 1. The Morgan fingerprint density at radius 3 is 2.07 bits per heavy atom. The third-order valence-corrected chi connectivity index (χ3v) is 4.32. The van der Waals surface area contributed by atoms with Crippen LogP contribution in [0.4, 0.5) is 21.0 Å². The molecule has 1 fully saturated rings. The third-order valence-electron chi connectivity index (χ3n) is 4.32. The molecule has 4 N–H and O–H groups in total. The van der Waals surface area contributed by atoms with Crippen LogP contribution in [0.1, 0.15) is 40.5 Å². The Bertz CT molecular complexity index is 688. The highest BCUT2D eigenvalue weighted by atomic mass is 16.2. The predicted molar refractivity (Wildman–Crippen MR) is 110 cm³/mol. The maximum absolute atomic E-state index is 12.5. The van der Waals surface area contributed by atoms with Gasteiger partial charge in [0.15, 0.2) is 0 Å². The summed E-state index contributed by atoms with van der Waals surface area (Å²) in [7, 11) is 0. The molecule has 1 heterocycles. The number of benzene rings is 1. The molecule has 1 saturated heterocycles. The number of rotatable bonds is 5. The van der Waals surface area contributed by atoms with Gasteiger partial charge >= 0.3 is 12.1 Å². The van der Waals surface area contributed by atoms with Crippen molar-refractivity contribution in [3.8, 4) is 0 Å². The summed E-state index contributed by atoms with van der Waals surface area (Å²) >= 11 is 0. The molecule has 2 rings (SSSR count). The lowest BCUT2D eigenvalue weighted by atomic mass is 9.97. The summed E-state index contributed by atoms with van der Waals surface area (Å²) in [5.41, 5.74) is 1.27. The van der Waals surface area contributed by atoms with Crippen molar-refractivity contribution in [2.75, 3.05) is 23.7 Å². The summed E-state index contributed by atoms with van der Waals surface area (Å²) in [4.78, 5) is 38.2. The number of urea groups is 2. The molecular weight excluding hydrogens is 358 g/mol. The smallest absolute Gasteiger partial charge is 0.321 e. The van der Waals surface area contributed by atoms with E-state index in [1.54, 1.807) is 29.2 Å². The largest absolute Gasteiger partial charge is 0.354 e. The second-order valence-electron chi connectivity index (χ2n) is 7.71. The average molecular weight is 390 g/mol. The van der Waals surface area contributed by atoms with Crippen molar-refractivity contribution in [1.29, 1.82) is 0 Å². The van der Waals surface area contributed by atoms with Crippen molar-refractivity contribution in [2.24, 2.45) is 5.92 Å². The monoisotopic (exact) mass is 389 g/mol. The van der Waals surface area contributed by atoms with Gasteiger partial charge in [-0.05, 0) is 64.8 Å². The molecule has 0 spiro atoms. The number of carbonyl (C=O) groups is 3. The molecular formula is C20H31N5O3. The maximum atomic E-state index is 12.5. The molecule has 1 unspecified atom stereocenters. The molecule has 1 aliphatic rings. The van der Waals surface area contributed by atoms with E-state index in [9.17, 15) is 14.4 Å². The molecule has 1 aromatic carbocycles. The van der Waals surface area contributed by atoms with Gasteiger partial charge in [-0.25, -0.2) is 9.59 Å². The molecule has 1 atom stereocenters. The fourth-order valence-corrected chi connectivity index (χ4v) is 3.05. The molecule has 0 radical (unpaired) electrons. The number of nitrogens with one attached hydrogen (secondary N) is 4. The van der Waals surface area contributed by atoms with E-state index in [0.717, 1.165) is 12.8 Å². The lowest BCUT2D eigenvalue weighted by molar-refractivity contribution is -0.126. The summed E-state index contributed by atoms with van der Waals surface area (Å²) in [5, 5.41) is 11.2. The molecule has 0 aliphatic carbocycles. The number of anilines is 2. The molecule has 28 heavy (non-hydrogen) atoms. The van der Waals surface area contributed by atoms with Gasteiger partial charge in [0.25, 0.3) is 0 Å². The Morgan fingerprint density at radius 2 is 1.50 bits per heavy atom. The van der Waals surface area contributed by atoms with Gasteiger partial charge in [0, 0.05) is 36.5 Å². The first-order valence-corrected chi connectivity index (χ1v) is 9.78. The SMILES string of the molecule is CC(C)NC(=O)Nc1ccc(NC(=O)N2CCCC(C(=O)NC(C)C)C2)cc1. The van der Waals surface area contributed by atoms with Gasteiger partial charge in [-0.15, -0.1) is 0 Å². The van der Waals surface area contributed by atoms with Gasteiger partial charge in [-0.3, -0.25) is 4.79 Å². The van der Waals surface area contributed by atoms with Crippen LogP contribution in [0.2, 0.25) is 0 Å².